The summed E-state index contributed by atoms with van der Waals surface area (Å²) in [5.74, 6) is 0.576. The first kappa shape index (κ1) is 23.5. The maximum Gasteiger partial charge on any atom is 0.274 e. The Hall–Kier alpha value is -3.66. The highest BCUT2D eigenvalue weighted by Crippen LogP contribution is 2.29. The molecule has 1 saturated heterocycles. The van der Waals surface area contributed by atoms with Crippen LogP contribution in [0, 0.1) is 5.92 Å². The Morgan fingerprint density at radius 3 is 2.53 bits per heavy atom. The van der Waals surface area contributed by atoms with Crippen molar-refractivity contribution in [3.63, 3.8) is 0 Å². The lowest BCUT2D eigenvalue weighted by Gasteiger charge is -2.30. The maximum atomic E-state index is 12.9. The molecule has 0 bridgehead atoms. The number of piperidine rings is 1. The van der Waals surface area contributed by atoms with Gasteiger partial charge in [-0.3, -0.25) is 14.7 Å². The SMILES string of the molecule is COc1ccc(CNC(=O)C2CCN(C(=O)c3cc(-c4cc(OC)ncc4Cl)[nH]n3)CC2)cn1. The molecule has 0 aromatic carbocycles. The van der Waals surface area contributed by atoms with Crippen molar-refractivity contribution in [2.24, 2.45) is 5.92 Å². The number of nitrogens with zero attached hydrogens (tertiary/aromatic N) is 4. The summed E-state index contributed by atoms with van der Waals surface area (Å²) < 4.78 is 10.2. The molecular weight excluding hydrogens is 460 g/mol. The van der Waals surface area contributed by atoms with Crippen molar-refractivity contribution in [2.75, 3.05) is 27.3 Å². The van der Waals surface area contributed by atoms with Crippen LogP contribution in [-0.4, -0.2) is 64.2 Å². The van der Waals surface area contributed by atoms with E-state index in [0.717, 1.165) is 5.56 Å². The van der Waals surface area contributed by atoms with Gasteiger partial charge < -0.3 is 19.7 Å². The Morgan fingerprint density at radius 1 is 1.12 bits per heavy atom. The second-order valence-electron chi connectivity index (χ2n) is 7.87. The van der Waals surface area contributed by atoms with E-state index in [4.69, 9.17) is 21.1 Å². The molecule has 0 radical (unpaired) electrons. The van der Waals surface area contributed by atoms with Gasteiger partial charge in [-0.1, -0.05) is 17.7 Å². The van der Waals surface area contributed by atoms with Gasteiger partial charge in [0.1, 0.15) is 0 Å². The molecule has 0 spiro atoms. The summed E-state index contributed by atoms with van der Waals surface area (Å²) >= 11 is 6.24. The number of H-pyrrole nitrogens is 1. The molecule has 3 aromatic rings. The summed E-state index contributed by atoms with van der Waals surface area (Å²) in [5, 5.41) is 10.4. The lowest BCUT2D eigenvalue weighted by Crippen LogP contribution is -2.43. The van der Waals surface area contributed by atoms with Crippen molar-refractivity contribution < 1.29 is 19.1 Å². The quantitative estimate of drug-likeness (QED) is 0.528. The molecule has 0 atom stereocenters. The van der Waals surface area contributed by atoms with E-state index in [9.17, 15) is 9.59 Å². The number of likely N-dealkylation sites (tertiary alicyclic amines) is 1. The average molecular weight is 485 g/mol. The summed E-state index contributed by atoms with van der Waals surface area (Å²) in [6.07, 6.45) is 4.33. The van der Waals surface area contributed by atoms with Crippen molar-refractivity contribution >= 4 is 23.4 Å². The van der Waals surface area contributed by atoms with Crippen molar-refractivity contribution in [3.8, 4) is 23.0 Å². The zero-order valence-corrected chi connectivity index (χ0v) is 19.6. The Kier molecular flexibility index (Phi) is 7.27. The Morgan fingerprint density at radius 2 is 1.85 bits per heavy atom. The standard InChI is InChI=1S/C23H25ClN6O4/c1-33-20-4-3-14(11-25-20)12-27-22(31)15-5-7-30(8-6-15)23(32)19-10-18(28-29-19)16-9-21(34-2)26-13-17(16)24/h3-4,9-11,13,15H,5-8,12H2,1-2H3,(H,27,31)(H,28,29). The van der Waals surface area contributed by atoms with Crippen LogP contribution in [0.4, 0.5) is 0 Å². The predicted molar refractivity (Wildman–Crippen MR) is 125 cm³/mol. The number of carbonyl (C=O) groups excluding carboxylic acids is 2. The monoisotopic (exact) mass is 484 g/mol. The number of methoxy groups -OCH3 is 2. The zero-order chi connectivity index (χ0) is 24.1. The van der Waals surface area contributed by atoms with E-state index in [1.54, 1.807) is 36.4 Å². The van der Waals surface area contributed by atoms with Crippen molar-refractivity contribution in [1.29, 1.82) is 0 Å². The highest BCUT2D eigenvalue weighted by atomic mass is 35.5. The van der Waals surface area contributed by atoms with Crippen LogP contribution in [0.3, 0.4) is 0 Å². The number of amides is 2. The maximum absolute atomic E-state index is 12.9. The molecule has 2 amide bonds. The van der Waals surface area contributed by atoms with Gasteiger partial charge in [0.15, 0.2) is 5.69 Å². The van der Waals surface area contributed by atoms with Crippen LogP contribution in [0.2, 0.25) is 5.02 Å². The Bertz CT molecular complexity index is 1160. The normalized spacial score (nSPS) is 14.0. The molecule has 2 N–H and O–H groups in total. The molecule has 0 aliphatic carbocycles. The molecule has 1 aliphatic heterocycles. The van der Waals surface area contributed by atoms with Crippen LogP contribution in [-0.2, 0) is 11.3 Å². The predicted octanol–water partition coefficient (Wildman–Crippen LogP) is 2.71. The van der Waals surface area contributed by atoms with Gasteiger partial charge in [0, 0.05) is 49.4 Å². The fourth-order valence-electron chi connectivity index (χ4n) is 3.78. The summed E-state index contributed by atoms with van der Waals surface area (Å²) in [4.78, 5) is 35.4. The highest BCUT2D eigenvalue weighted by molar-refractivity contribution is 6.33. The van der Waals surface area contributed by atoms with Crippen LogP contribution in [0.5, 0.6) is 11.8 Å². The number of hydrogen-bond donors (Lipinski definition) is 2. The van der Waals surface area contributed by atoms with Crippen LogP contribution < -0.4 is 14.8 Å². The van der Waals surface area contributed by atoms with E-state index < -0.39 is 0 Å². The second kappa shape index (κ2) is 10.5. The van der Waals surface area contributed by atoms with E-state index in [1.807, 2.05) is 6.07 Å². The zero-order valence-electron chi connectivity index (χ0n) is 18.9. The molecule has 4 heterocycles. The van der Waals surface area contributed by atoms with Gasteiger partial charge in [0.05, 0.1) is 31.1 Å². The number of aromatic nitrogens is 4. The van der Waals surface area contributed by atoms with Gasteiger partial charge in [0.2, 0.25) is 17.7 Å². The summed E-state index contributed by atoms with van der Waals surface area (Å²) in [7, 11) is 3.07. The van der Waals surface area contributed by atoms with Crippen molar-refractivity contribution in [3.05, 3.63) is 52.9 Å². The average Bonchev–Trinajstić information content (AvgIpc) is 3.37. The first-order chi connectivity index (χ1) is 16.5. The van der Waals surface area contributed by atoms with E-state index in [0.29, 0.717) is 60.5 Å². The highest BCUT2D eigenvalue weighted by Gasteiger charge is 2.29. The van der Waals surface area contributed by atoms with Gasteiger partial charge in [-0.2, -0.15) is 5.10 Å². The van der Waals surface area contributed by atoms with Crippen LogP contribution >= 0.6 is 11.6 Å². The fraction of sp³-hybridized carbons (Fsp3) is 0.348. The van der Waals surface area contributed by atoms with Crippen LogP contribution in [0.15, 0.2) is 36.7 Å². The van der Waals surface area contributed by atoms with Gasteiger partial charge in [-0.15, -0.1) is 0 Å². The second-order valence-corrected chi connectivity index (χ2v) is 8.27. The Labute approximate surface area is 201 Å². The molecule has 1 aliphatic rings. The smallest absolute Gasteiger partial charge is 0.274 e. The number of rotatable bonds is 7. The number of aromatic amines is 1. The van der Waals surface area contributed by atoms with E-state index in [1.165, 1.54) is 13.3 Å². The third-order valence-electron chi connectivity index (χ3n) is 5.75. The number of hydrogen-bond acceptors (Lipinski definition) is 7. The largest absolute Gasteiger partial charge is 0.481 e. The lowest BCUT2D eigenvalue weighted by atomic mass is 9.95. The molecule has 1 fully saturated rings. The lowest BCUT2D eigenvalue weighted by molar-refractivity contribution is -0.126. The van der Waals surface area contributed by atoms with Gasteiger partial charge >= 0.3 is 0 Å². The van der Waals surface area contributed by atoms with E-state index >= 15 is 0 Å². The van der Waals surface area contributed by atoms with Crippen molar-refractivity contribution in [1.82, 2.24) is 30.4 Å². The minimum atomic E-state index is -0.192. The third kappa shape index (κ3) is 5.28. The topological polar surface area (TPSA) is 122 Å². The van der Waals surface area contributed by atoms with E-state index in [-0.39, 0.29) is 23.4 Å². The third-order valence-corrected chi connectivity index (χ3v) is 6.05. The first-order valence-electron chi connectivity index (χ1n) is 10.8. The molecular formula is C23H25ClN6O4. The number of carbonyl (C=O) groups is 2. The minimum Gasteiger partial charge on any atom is -0.481 e. The van der Waals surface area contributed by atoms with Gasteiger partial charge in [0.25, 0.3) is 5.91 Å². The fourth-order valence-corrected chi connectivity index (χ4v) is 3.99. The minimum absolute atomic E-state index is 0.0220. The molecule has 0 unspecified atom stereocenters. The molecule has 11 heteroatoms. The number of nitrogens with one attached hydrogen (secondary N) is 2. The van der Waals surface area contributed by atoms with E-state index in [2.05, 4.69) is 25.5 Å². The van der Waals surface area contributed by atoms with Gasteiger partial charge in [-0.25, -0.2) is 9.97 Å². The molecule has 4 rings (SSSR count). The molecule has 0 saturated carbocycles. The van der Waals surface area contributed by atoms with Gasteiger partial charge in [-0.05, 0) is 24.5 Å². The first-order valence-corrected chi connectivity index (χ1v) is 11.2. The molecule has 178 valence electrons. The summed E-state index contributed by atoms with van der Waals surface area (Å²) in [6, 6.07) is 6.95. The molecule has 3 aromatic heterocycles. The number of ether oxygens (including phenoxy) is 2. The molecule has 10 nitrogen and oxygen atoms in total. The van der Waals surface area contributed by atoms with Crippen LogP contribution in [0.1, 0.15) is 28.9 Å². The summed E-state index contributed by atoms with van der Waals surface area (Å²) in [6.45, 7) is 1.35. The Balaban J connectivity index is 1.31. The van der Waals surface area contributed by atoms with Crippen LogP contribution in [0.25, 0.3) is 11.3 Å². The number of pyridine rings is 2. The molecule has 34 heavy (non-hydrogen) atoms. The van der Waals surface area contributed by atoms with Crippen molar-refractivity contribution in [2.45, 2.75) is 19.4 Å². The number of halogens is 1. The summed E-state index contributed by atoms with van der Waals surface area (Å²) in [5.41, 5.74) is 2.42.